The van der Waals surface area contributed by atoms with E-state index in [1.54, 1.807) is 29.3 Å². The minimum Gasteiger partial charge on any atom is -0.323 e. The largest absolute Gasteiger partial charge is 0.323 e. The number of hydrogen-bond acceptors (Lipinski definition) is 5. The van der Waals surface area contributed by atoms with Crippen LogP contribution in [0.3, 0.4) is 0 Å². The monoisotopic (exact) mass is 314 g/mol. The van der Waals surface area contributed by atoms with Crippen molar-refractivity contribution in [2.24, 2.45) is 7.05 Å². The Balaban J connectivity index is 1.90. The standard InChI is InChI=1S/C14H10N4OS2/c1-18-10-9(7-15-17-13(10)19)11-12(18)16-14(21-11)20-8-5-3-2-4-6-8/h2-7H,1H3,(H,17,19). The van der Waals surface area contributed by atoms with Gasteiger partial charge in [-0.15, -0.1) is 11.3 Å². The van der Waals surface area contributed by atoms with E-state index in [1.807, 2.05) is 29.8 Å². The average Bonchev–Trinajstić information content (AvgIpc) is 3.01. The van der Waals surface area contributed by atoms with Gasteiger partial charge in [-0.25, -0.2) is 10.1 Å². The summed E-state index contributed by atoms with van der Waals surface area (Å²) in [5.74, 6) is 0. The van der Waals surface area contributed by atoms with Crippen LogP contribution in [0.25, 0.3) is 21.3 Å². The molecule has 0 atom stereocenters. The summed E-state index contributed by atoms with van der Waals surface area (Å²) in [5, 5.41) is 7.21. The second-order valence-corrected chi connectivity index (χ2v) is 6.89. The van der Waals surface area contributed by atoms with Crippen molar-refractivity contribution in [1.29, 1.82) is 0 Å². The predicted molar refractivity (Wildman–Crippen MR) is 85.1 cm³/mol. The van der Waals surface area contributed by atoms with Crippen LogP contribution in [0.15, 0.2) is 50.6 Å². The molecule has 0 spiro atoms. The Hall–Kier alpha value is -2.12. The molecule has 4 aromatic rings. The fraction of sp³-hybridized carbons (Fsp3) is 0.0714. The van der Waals surface area contributed by atoms with Crippen molar-refractivity contribution in [2.45, 2.75) is 9.24 Å². The van der Waals surface area contributed by atoms with Crippen LogP contribution in [0.5, 0.6) is 0 Å². The Labute approximate surface area is 127 Å². The summed E-state index contributed by atoms with van der Waals surface area (Å²) in [6.07, 6.45) is 1.69. The molecule has 0 fully saturated rings. The quantitative estimate of drug-likeness (QED) is 0.618. The van der Waals surface area contributed by atoms with Crippen LogP contribution in [0, 0.1) is 0 Å². The number of nitrogens with zero attached hydrogens (tertiary/aromatic N) is 3. The van der Waals surface area contributed by atoms with Gasteiger partial charge in [0.2, 0.25) is 0 Å². The lowest BCUT2D eigenvalue weighted by Gasteiger charge is -1.97. The van der Waals surface area contributed by atoms with Gasteiger partial charge < -0.3 is 4.57 Å². The third-order valence-corrected chi connectivity index (χ3v) is 5.41. The van der Waals surface area contributed by atoms with Gasteiger partial charge in [0.05, 0.1) is 10.9 Å². The van der Waals surface area contributed by atoms with E-state index < -0.39 is 0 Å². The number of benzene rings is 1. The van der Waals surface area contributed by atoms with Crippen molar-refractivity contribution in [1.82, 2.24) is 19.7 Å². The minimum atomic E-state index is -0.183. The van der Waals surface area contributed by atoms with Crippen molar-refractivity contribution in [2.75, 3.05) is 0 Å². The zero-order valence-electron chi connectivity index (χ0n) is 11.0. The number of thiazole rings is 1. The topological polar surface area (TPSA) is 63.6 Å². The molecule has 0 radical (unpaired) electrons. The Morgan fingerprint density at radius 1 is 1.29 bits per heavy atom. The molecule has 0 amide bonds. The lowest BCUT2D eigenvalue weighted by Crippen LogP contribution is -2.10. The van der Waals surface area contributed by atoms with Crippen LogP contribution in [0.2, 0.25) is 0 Å². The number of nitrogens with one attached hydrogen (secondary N) is 1. The van der Waals surface area contributed by atoms with Crippen LogP contribution >= 0.6 is 23.1 Å². The first-order valence-corrected chi connectivity index (χ1v) is 7.93. The van der Waals surface area contributed by atoms with E-state index in [0.29, 0.717) is 5.52 Å². The highest BCUT2D eigenvalue weighted by Crippen LogP contribution is 2.37. The third kappa shape index (κ3) is 1.97. The van der Waals surface area contributed by atoms with Crippen molar-refractivity contribution in [3.05, 3.63) is 46.9 Å². The van der Waals surface area contributed by atoms with Crippen molar-refractivity contribution < 1.29 is 0 Å². The normalized spacial score (nSPS) is 11.5. The van der Waals surface area contributed by atoms with Gasteiger partial charge >= 0.3 is 0 Å². The molecule has 3 aromatic heterocycles. The van der Waals surface area contributed by atoms with E-state index in [2.05, 4.69) is 27.3 Å². The molecule has 1 N–H and O–H groups in total. The maximum absolute atomic E-state index is 11.9. The molecular weight excluding hydrogens is 304 g/mol. The summed E-state index contributed by atoms with van der Waals surface area (Å²) in [4.78, 5) is 17.7. The zero-order valence-corrected chi connectivity index (χ0v) is 12.7. The number of aromatic amines is 1. The maximum atomic E-state index is 11.9. The van der Waals surface area contributed by atoms with E-state index in [1.165, 1.54) is 0 Å². The highest BCUT2D eigenvalue weighted by atomic mass is 32.2. The van der Waals surface area contributed by atoms with Crippen LogP contribution in [-0.4, -0.2) is 19.7 Å². The first kappa shape index (κ1) is 12.6. The highest BCUT2D eigenvalue weighted by Gasteiger charge is 2.16. The van der Waals surface area contributed by atoms with E-state index in [-0.39, 0.29) is 5.56 Å². The van der Waals surface area contributed by atoms with Crippen molar-refractivity contribution >= 4 is 44.3 Å². The van der Waals surface area contributed by atoms with Gasteiger partial charge in [0.1, 0.15) is 5.52 Å². The second kappa shape index (κ2) is 4.71. The predicted octanol–water partition coefficient (Wildman–Crippen LogP) is 3.02. The Bertz CT molecular complexity index is 1000. The van der Waals surface area contributed by atoms with Crippen LogP contribution in [0.4, 0.5) is 0 Å². The van der Waals surface area contributed by atoms with Gasteiger partial charge in [0.25, 0.3) is 5.56 Å². The second-order valence-electron chi connectivity index (χ2n) is 4.57. The van der Waals surface area contributed by atoms with Crippen molar-refractivity contribution in [3.8, 4) is 0 Å². The average molecular weight is 314 g/mol. The number of aromatic nitrogens is 4. The van der Waals surface area contributed by atoms with Gasteiger partial charge in [-0.1, -0.05) is 30.0 Å². The van der Waals surface area contributed by atoms with E-state index in [9.17, 15) is 4.79 Å². The Kier molecular flexibility index (Phi) is 2.83. The number of H-pyrrole nitrogens is 1. The van der Waals surface area contributed by atoms with Gasteiger partial charge in [-0.3, -0.25) is 4.79 Å². The fourth-order valence-electron chi connectivity index (χ4n) is 2.33. The minimum absolute atomic E-state index is 0.183. The molecular formula is C14H10N4OS2. The van der Waals surface area contributed by atoms with Gasteiger partial charge in [-0.2, -0.15) is 5.10 Å². The van der Waals surface area contributed by atoms with Gasteiger partial charge in [0.15, 0.2) is 9.99 Å². The van der Waals surface area contributed by atoms with Gasteiger partial charge in [-0.05, 0) is 12.1 Å². The molecule has 5 nitrogen and oxygen atoms in total. The molecule has 0 aliphatic carbocycles. The lowest BCUT2D eigenvalue weighted by molar-refractivity contribution is 0.944. The Morgan fingerprint density at radius 3 is 2.90 bits per heavy atom. The van der Waals surface area contributed by atoms with Crippen molar-refractivity contribution in [3.63, 3.8) is 0 Å². The molecule has 1 aromatic carbocycles. The number of hydrogen-bond donors (Lipinski definition) is 1. The lowest BCUT2D eigenvalue weighted by atomic mass is 10.4. The summed E-state index contributed by atoms with van der Waals surface area (Å²) in [6, 6.07) is 10.1. The molecule has 0 saturated carbocycles. The smallest absolute Gasteiger partial charge is 0.288 e. The molecule has 0 aliphatic rings. The van der Waals surface area contributed by atoms with Crippen LogP contribution in [-0.2, 0) is 7.05 Å². The first-order chi connectivity index (χ1) is 10.2. The Morgan fingerprint density at radius 2 is 2.10 bits per heavy atom. The summed E-state index contributed by atoms with van der Waals surface area (Å²) in [7, 11) is 1.86. The summed E-state index contributed by atoms with van der Waals surface area (Å²) in [6.45, 7) is 0. The fourth-order valence-corrected chi connectivity index (χ4v) is 4.50. The van der Waals surface area contributed by atoms with Crippen LogP contribution in [0.1, 0.15) is 0 Å². The molecule has 0 saturated heterocycles. The molecule has 0 aliphatic heterocycles. The molecule has 21 heavy (non-hydrogen) atoms. The summed E-state index contributed by atoms with van der Waals surface area (Å²) >= 11 is 3.22. The van der Waals surface area contributed by atoms with Gasteiger partial charge in [0, 0.05) is 17.3 Å². The van der Waals surface area contributed by atoms with E-state index in [4.69, 9.17) is 0 Å². The number of rotatable bonds is 2. The first-order valence-electron chi connectivity index (χ1n) is 6.29. The molecule has 4 rings (SSSR count). The molecule has 7 heteroatoms. The molecule has 3 heterocycles. The number of aryl methyl sites for hydroxylation is 1. The molecule has 104 valence electrons. The zero-order chi connectivity index (χ0) is 14.4. The van der Waals surface area contributed by atoms with Crippen LogP contribution < -0.4 is 5.56 Å². The summed E-state index contributed by atoms with van der Waals surface area (Å²) < 4.78 is 3.80. The van der Waals surface area contributed by atoms with E-state index in [0.717, 1.165) is 25.0 Å². The summed E-state index contributed by atoms with van der Waals surface area (Å²) in [5.41, 5.74) is 1.26. The third-order valence-electron chi connectivity index (χ3n) is 3.27. The number of fused-ring (bicyclic) bond motifs is 3. The molecule has 0 unspecified atom stereocenters. The molecule has 0 bridgehead atoms. The SMILES string of the molecule is Cn1c2nc(Sc3ccccc3)sc2c2cn[nH]c(=O)c21. The maximum Gasteiger partial charge on any atom is 0.288 e. The highest BCUT2D eigenvalue weighted by molar-refractivity contribution is 8.01. The van der Waals surface area contributed by atoms with E-state index >= 15 is 0 Å².